The molecule has 1 amide bonds. The van der Waals surface area contributed by atoms with Crippen LogP contribution in [0.15, 0.2) is 53.4 Å². The minimum Gasteiger partial charge on any atom is -0.487 e. The summed E-state index contributed by atoms with van der Waals surface area (Å²) < 4.78 is 48.6. The highest BCUT2D eigenvalue weighted by atomic mass is 32.2. The first-order valence-corrected chi connectivity index (χ1v) is 12.6. The highest BCUT2D eigenvalue weighted by Gasteiger charge is 2.38. The van der Waals surface area contributed by atoms with E-state index in [1.54, 1.807) is 32.2 Å². The number of sulfonamides is 1. The fourth-order valence-electron chi connectivity index (χ4n) is 3.95. The lowest BCUT2D eigenvalue weighted by Crippen LogP contribution is -2.50. The molecule has 0 fully saturated rings. The number of nitrogens with zero attached hydrogens (tertiary/aromatic N) is 2. The lowest BCUT2D eigenvalue weighted by molar-refractivity contribution is 0.0560. The maximum Gasteiger partial charge on any atom is 0.256 e. The molecule has 0 radical (unpaired) electrons. The molecule has 3 rings (SSSR count). The minimum absolute atomic E-state index is 0.000960. The third-order valence-corrected chi connectivity index (χ3v) is 7.97. The van der Waals surface area contributed by atoms with E-state index in [1.807, 2.05) is 26.0 Å². The van der Waals surface area contributed by atoms with Gasteiger partial charge in [0.25, 0.3) is 5.91 Å². The zero-order valence-corrected chi connectivity index (χ0v) is 20.6. The van der Waals surface area contributed by atoms with Gasteiger partial charge in [-0.1, -0.05) is 37.3 Å². The quantitative estimate of drug-likeness (QED) is 0.671. The van der Waals surface area contributed by atoms with Gasteiger partial charge in [0.05, 0.1) is 18.7 Å². The van der Waals surface area contributed by atoms with E-state index in [4.69, 9.17) is 4.74 Å². The number of likely N-dealkylation sites (N-methyl/N-ethyl adjacent to an activating group) is 1. The number of fused-ring (bicyclic) bond motifs is 1. The fourth-order valence-corrected chi connectivity index (χ4v) is 5.78. The molecule has 34 heavy (non-hydrogen) atoms. The molecule has 7 nitrogen and oxygen atoms in total. The lowest BCUT2D eigenvalue weighted by atomic mass is 10.0. The van der Waals surface area contributed by atoms with Crippen molar-refractivity contribution < 1.29 is 27.4 Å². The second-order valence-corrected chi connectivity index (χ2v) is 10.5. The zero-order valence-electron chi connectivity index (χ0n) is 19.8. The monoisotopic (exact) mass is 490 g/mol. The Hall–Kier alpha value is -2.75. The van der Waals surface area contributed by atoms with E-state index in [0.717, 1.165) is 5.56 Å². The summed E-state index contributed by atoms with van der Waals surface area (Å²) in [7, 11) is -2.38. The Bertz CT molecular complexity index is 1170. The Morgan fingerprint density at radius 1 is 1.32 bits per heavy atom. The van der Waals surface area contributed by atoms with Crippen molar-refractivity contribution in [3.05, 3.63) is 65.5 Å². The van der Waals surface area contributed by atoms with Crippen LogP contribution >= 0.6 is 0 Å². The molecule has 2 aromatic carbocycles. The van der Waals surface area contributed by atoms with E-state index >= 15 is 0 Å². The number of rotatable bonds is 6. The van der Waals surface area contributed by atoms with Gasteiger partial charge in [0, 0.05) is 25.6 Å². The Balaban J connectivity index is 2.01. The number of halogens is 1. The molecule has 0 unspecified atom stereocenters. The molecule has 0 aliphatic carbocycles. The first-order valence-electron chi connectivity index (χ1n) is 11.2. The summed E-state index contributed by atoms with van der Waals surface area (Å²) >= 11 is 0. The maximum absolute atomic E-state index is 14.2. The number of aliphatic hydroxyl groups is 1. The molecular formula is C25H31FN2O5S. The molecule has 0 saturated heterocycles. The Morgan fingerprint density at radius 2 is 2.03 bits per heavy atom. The number of carbonyl (C=O) groups is 1. The van der Waals surface area contributed by atoms with Gasteiger partial charge in [0.2, 0.25) is 10.0 Å². The fraction of sp³-hybridized carbons (Fsp3) is 0.400. The number of allylic oxidation sites excluding steroid dienone is 1. The van der Waals surface area contributed by atoms with Gasteiger partial charge in [-0.2, -0.15) is 4.31 Å². The molecule has 0 aromatic heterocycles. The zero-order chi connectivity index (χ0) is 25.0. The molecule has 1 aliphatic heterocycles. The number of carbonyl (C=O) groups excluding carboxylic acids is 1. The number of hydrogen-bond acceptors (Lipinski definition) is 5. The van der Waals surface area contributed by atoms with Crippen LogP contribution in [0.5, 0.6) is 5.75 Å². The van der Waals surface area contributed by atoms with Crippen molar-refractivity contribution in [1.29, 1.82) is 0 Å². The van der Waals surface area contributed by atoms with E-state index in [9.17, 15) is 22.7 Å². The molecule has 184 valence electrons. The van der Waals surface area contributed by atoms with Crippen LogP contribution in [0, 0.1) is 11.7 Å². The van der Waals surface area contributed by atoms with Crippen LogP contribution in [0.2, 0.25) is 0 Å². The summed E-state index contributed by atoms with van der Waals surface area (Å²) in [6.45, 7) is 5.20. The first kappa shape index (κ1) is 25.9. The van der Waals surface area contributed by atoms with E-state index < -0.39 is 33.9 Å². The highest BCUT2D eigenvalue weighted by molar-refractivity contribution is 7.89. The van der Waals surface area contributed by atoms with Crippen molar-refractivity contribution in [3.63, 3.8) is 0 Å². The van der Waals surface area contributed by atoms with Gasteiger partial charge in [-0.05, 0) is 43.7 Å². The largest absolute Gasteiger partial charge is 0.487 e. The van der Waals surface area contributed by atoms with Crippen LogP contribution in [0.3, 0.4) is 0 Å². The van der Waals surface area contributed by atoms with Gasteiger partial charge < -0.3 is 14.7 Å². The number of hydrogen-bond donors (Lipinski definition) is 1. The second-order valence-electron chi connectivity index (χ2n) is 8.61. The average molecular weight is 491 g/mol. The van der Waals surface area contributed by atoms with Gasteiger partial charge >= 0.3 is 0 Å². The molecular weight excluding hydrogens is 459 g/mol. The van der Waals surface area contributed by atoms with Crippen LogP contribution in [0.4, 0.5) is 4.39 Å². The summed E-state index contributed by atoms with van der Waals surface area (Å²) in [5, 5.41) is 9.73. The lowest BCUT2D eigenvalue weighted by Gasteiger charge is -2.37. The van der Waals surface area contributed by atoms with Gasteiger partial charge in [-0.15, -0.1) is 0 Å². The predicted octanol–water partition coefficient (Wildman–Crippen LogP) is 3.40. The van der Waals surface area contributed by atoms with Crippen molar-refractivity contribution >= 4 is 22.0 Å². The van der Waals surface area contributed by atoms with Gasteiger partial charge in [0.1, 0.15) is 22.6 Å². The predicted molar refractivity (Wildman–Crippen MR) is 129 cm³/mol. The topological polar surface area (TPSA) is 87.2 Å². The van der Waals surface area contributed by atoms with Crippen molar-refractivity contribution in [2.45, 2.75) is 37.8 Å². The Labute approximate surface area is 200 Å². The van der Waals surface area contributed by atoms with Crippen LogP contribution in [0.1, 0.15) is 36.7 Å². The molecule has 0 spiro atoms. The molecule has 3 atom stereocenters. The second kappa shape index (κ2) is 10.7. The average Bonchev–Trinajstić information content (AvgIpc) is 2.80. The number of ether oxygens (including phenoxy) is 1. The molecule has 1 N–H and O–H groups in total. The van der Waals surface area contributed by atoms with Gasteiger partial charge in [0.15, 0.2) is 0 Å². The van der Waals surface area contributed by atoms with Crippen LogP contribution < -0.4 is 4.74 Å². The van der Waals surface area contributed by atoms with Crippen molar-refractivity contribution in [2.75, 3.05) is 26.7 Å². The van der Waals surface area contributed by atoms with Crippen LogP contribution in [-0.4, -0.2) is 67.5 Å². The van der Waals surface area contributed by atoms with E-state index in [1.165, 1.54) is 33.5 Å². The summed E-state index contributed by atoms with van der Waals surface area (Å²) in [4.78, 5) is 14.3. The summed E-state index contributed by atoms with van der Waals surface area (Å²) in [5.41, 5.74) is 0.721. The third-order valence-electron chi connectivity index (χ3n) is 5.96. The summed E-state index contributed by atoms with van der Waals surface area (Å²) in [6, 6.07) is 9.96. The Morgan fingerprint density at radius 3 is 2.68 bits per heavy atom. The van der Waals surface area contributed by atoms with Gasteiger partial charge in [-0.25, -0.2) is 12.8 Å². The third kappa shape index (κ3) is 5.32. The Kier molecular flexibility index (Phi) is 8.12. The van der Waals surface area contributed by atoms with Crippen LogP contribution in [-0.2, 0) is 10.0 Å². The van der Waals surface area contributed by atoms with Gasteiger partial charge in [-0.3, -0.25) is 4.79 Å². The molecule has 1 aliphatic rings. The summed E-state index contributed by atoms with van der Waals surface area (Å²) in [5.74, 6) is -1.26. The number of aliphatic hydroxyl groups excluding tert-OH is 1. The van der Waals surface area contributed by atoms with Crippen molar-refractivity contribution in [2.24, 2.45) is 5.92 Å². The SMILES string of the molecule is C/C=C/c1ccc2c(c1)O[C@@H](CN(C)C(=O)c1ccccc1F)[C@H](C)CN([C@@H](C)CO)S2(=O)=O. The molecule has 0 bridgehead atoms. The summed E-state index contributed by atoms with van der Waals surface area (Å²) in [6.07, 6.45) is 3.08. The normalized spacial score (nSPS) is 21.2. The van der Waals surface area contributed by atoms with Crippen molar-refractivity contribution in [3.8, 4) is 5.75 Å². The number of amides is 1. The smallest absolute Gasteiger partial charge is 0.256 e. The van der Waals surface area contributed by atoms with E-state index in [0.29, 0.717) is 0 Å². The first-order chi connectivity index (χ1) is 16.1. The molecule has 9 heteroatoms. The molecule has 2 aromatic rings. The minimum atomic E-state index is -3.94. The highest BCUT2D eigenvalue weighted by Crippen LogP contribution is 2.34. The molecule has 0 saturated carbocycles. The number of benzene rings is 2. The van der Waals surface area contributed by atoms with Crippen LogP contribution in [0.25, 0.3) is 6.08 Å². The molecule has 1 heterocycles. The van der Waals surface area contributed by atoms with Crippen molar-refractivity contribution in [1.82, 2.24) is 9.21 Å². The maximum atomic E-state index is 14.2. The van der Waals surface area contributed by atoms with E-state index in [-0.39, 0.29) is 41.8 Å². The standard InChI is InChI=1S/C25H31FN2O5S/c1-5-8-19-11-12-24-22(13-19)33-23(17(2)14-28(18(3)16-29)34(24,31)32)15-27(4)25(30)20-9-6-7-10-21(20)26/h5-13,17-18,23,29H,14-16H2,1-4H3/b8-5+/t17-,18+,23+/m1/s1. The van der Waals surface area contributed by atoms with E-state index in [2.05, 4.69) is 0 Å².